The minimum atomic E-state index is -0.817. The average Bonchev–Trinajstić information content (AvgIpc) is 2.86. The smallest absolute Gasteiger partial charge is 0.328 e. The number of amides is 1. The summed E-state index contributed by atoms with van der Waals surface area (Å²) in [6, 6.07) is 25.2. The zero-order valence-corrected chi connectivity index (χ0v) is 17.8. The summed E-state index contributed by atoms with van der Waals surface area (Å²) in [5, 5.41) is 12.0. The van der Waals surface area contributed by atoms with Gasteiger partial charge in [-0.05, 0) is 34.9 Å². The van der Waals surface area contributed by atoms with Gasteiger partial charge in [0.05, 0.1) is 25.3 Å². The minimum Gasteiger partial charge on any atom is -0.467 e. The number of nitriles is 1. The molecule has 32 heavy (non-hydrogen) atoms. The fourth-order valence-electron chi connectivity index (χ4n) is 3.23. The van der Waals surface area contributed by atoms with Crippen LogP contribution < -0.4 is 5.32 Å². The van der Waals surface area contributed by atoms with E-state index in [0.717, 1.165) is 16.7 Å². The van der Waals surface area contributed by atoms with Gasteiger partial charge in [0, 0.05) is 18.6 Å². The fourth-order valence-corrected chi connectivity index (χ4v) is 3.23. The molecule has 0 aliphatic rings. The van der Waals surface area contributed by atoms with Crippen LogP contribution in [0.4, 0.5) is 0 Å². The van der Waals surface area contributed by atoms with Crippen molar-refractivity contribution in [2.45, 2.75) is 19.1 Å². The lowest BCUT2D eigenvalue weighted by Gasteiger charge is -2.17. The van der Waals surface area contributed by atoms with Crippen LogP contribution >= 0.6 is 0 Å². The predicted octanol–water partition coefficient (Wildman–Crippen LogP) is 4.10. The molecule has 0 spiro atoms. The van der Waals surface area contributed by atoms with Gasteiger partial charge in [-0.1, -0.05) is 60.7 Å². The Bertz CT molecular complexity index is 1090. The Hall–Kier alpha value is -3.95. The monoisotopic (exact) mass is 428 g/mol. The largest absolute Gasteiger partial charge is 0.467 e. The second-order valence-electron chi connectivity index (χ2n) is 7.11. The molecule has 3 aromatic rings. The molecule has 3 aromatic carbocycles. The maximum atomic E-state index is 12.7. The van der Waals surface area contributed by atoms with Crippen LogP contribution in [-0.4, -0.2) is 31.6 Å². The SMILES string of the molecule is COC(=O)C(CCOCc1ccccc1)NC(=O)c1ccc(-c2ccccc2C#N)cc1. The van der Waals surface area contributed by atoms with E-state index >= 15 is 0 Å². The van der Waals surface area contributed by atoms with Gasteiger partial charge in [-0.15, -0.1) is 0 Å². The molecule has 162 valence electrons. The van der Waals surface area contributed by atoms with Gasteiger partial charge in [0.15, 0.2) is 0 Å². The molecule has 0 aliphatic heterocycles. The Balaban J connectivity index is 1.60. The predicted molar refractivity (Wildman–Crippen MR) is 121 cm³/mol. The van der Waals surface area contributed by atoms with Gasteiger partial charge >= 0.3 is 5.97 Å². The molecule has 0 aliphatic carbocycles. The molecule has 1 N–H and O–H groups in total. The summed E-state index contributed by atoms with van der Waals surface area (Å²) in [4.78, 5) is 24.8. The van der Waals surface area contributed by atoms with Crippen LogP contribution in [0.15, 0.2) is 78.9 Å². The molecule has 0 saturated carbocycles. The molecular formula is C26H24N2O4. The van der Waals surface area contributed by atoms with E-state index in [2.05, 4.69) is 11.4 Å². The standard InChI is InChI=1S/C26H24N2O4/c1-31-26(30)24(15-16-32-18-19-7-3-2-4-8-19)28-25(29)21-13-11-20(12-14-21)23-10-6-5-9-22(23)17-27/h2-14,24H,15-16,18H2,1H3,(H,28,29). The van der Waals surface area contributed by atoms with Gasteiger partial charge in [-0.25, -0.2) is 4.79 Å². The molecular weight excluding hydrogens is 404 g/mol. The van der Waals surface area contributed by atoms with Crippen molar-refractivity contribution in [1.29, 1.82) is 5.26 Å². The second-order valence-corrected chi connectivity index (χ2v) is 7.11. The van der Waals surface area contributed by atoms with Gasteiger partial charge < -0.3 is 14.8 Å². The van der Waals surface area contributed by atoms with Gasteiger partial charge in [-0.3, -0.25) is 4.79 Å². The maximum absolute atomic E-state index is 12.7. The van der Waals surface area contributed by atoms with E-state index < -0.39 is 12.0 Å². The van der Waals surface area contributed by atoms with Crippen LogP contribution in [-0.2, 0) is 20.9 Å². The number of esters is 1. The van der Waals surface area contributed by atoms with E-state index in [-0.39, 0.29) is 5.91 Å². The molecule has 1 atom stereocenters. The highest BCUT2D eigenvalue weighted by molar-refractivity contribution is 5.97. The average molecular weight is 428 g/mol. The molecule has 0 radical (unpaired) electrons. The van der Waals surface area contributed by atoms with Crippen LogP contribution in [0.25, 0.3) is 11.1 Å². The van der Waals surface area contributed by atoms with E-state index in [1.165, 1.54) is 7.11 Å². The lowest BCUT2D eigenvalue weighted by Crippen LogP contribution is -2.42. The highest BCUT2D eigenvalue weighted by atomic mass is 16.5. The zero-order valence-electron chi connectivity index (χ0n) is 17.8. The number of hydrogen-bond donors (Lipinski definition) is 1. The second kappa shape index (κ2) is 11.4. The first-order valence-electron chi connectivity index (χ1n) is 10.2. The number of nitrogens with one attached hydrogen (secondary N) is 1. The van der Waals surface area contributed by atoms with Crippen molar-refractivity contribution in [2.24, 2.45) is 0 Å². The third-order valence-corrected chi connectivity index (χ3v) is 4.96. The molecule has 6 heteroatoms. The third kappa shape index (κ3) is 6.03. The summed E-state index contributed by atoms with van der Waals surface area (Å²) >= 11 is 0. The van der Waals surface area contributed by atoms with Crippen molar-refractivity contribution in [3.05, 3.63) is 95.6 Å². The van der Waals surface area contributed by atoms with Crippen LogP contribution in [0.1, 0.15) is 27.9 Å². The van der Waals surface area contributed by atoms with Crippen LogP contribution in [0.3, 0.4) is 0 Å². The number of rotatable bonds is 9. The van der Waals surface area contributed by atoms with Gasteiger partial charge in [0.25, 0.3) is 5.91 Å². The summed E-state index contributed by atoms with van der Waals surface area (Å²) < 4.78 is 10.5. The molecule has 0 aromatic heterocycles. The van der Waals surface area contributed by atoms with Crippen LogP contribution in [0.5, 0.6) is 0 Å². The maximum Gasteiger partial charge on any atom is 0.328 e. The zero-order chi connectivity index (χ0) is 22.8. The number of nitrogens with zero attached hydrogens (tertiary/aromatic N) is 1. The van der Waals surface area contributed by atoms with Gasteiger partial charge in [-0.2, -0.15) is 5.26 Å². The van der Waals surface area contributed by atoms with E-state index in [9.17, 15) is 14.9 Å². The molecule has 3 rings (SSSR count). The first-order chi connectivity index (χ1) is 15.6. The molecule has 0 fully saturated rings. The van der Waals surface area contributed by atoms with Crippen molar-refractivity contribution in [2.75, 3.05) is 13.7 Å². The number of ether oxygens (including phenoxy) is 2. The lowest BCUT2D eigenvalue weighted by molar-refractivity contribution is -0.143. The molecule has 0 heterocycles. The molecule has 0 bridgehead atoms. The summed E-state index contributed by atoms with van der Waals surface area (Å²) in [7, 11) is 1.29. The fraction of sp³-hybridized carbons (Fsp3) is 0.192. The third-order valence-electron chi connectivity index (χ3n) is 4.96. The number of methoxy groups -OCH3 is 1. The van der Waals surface area contributed by atoms with E-state index in [4.69, 9.17) is 9.47 Å². The number of carbonyl (C=O) groups excluding carboxylic acids is 2. The molecule has 1 unspecified atom stereocenters. The Kier molecular flexibility index (Phi) is 8.13. The van der Waals surface area contributed by atoms with E-state index in [1.54, 1.807) is 36.4 Å². The summed E-state index contributed by atoms with van der Waals surface area (Å²) in [5.41, 5.74) is 3.62. The highest BCUT2D eigenvalue weighted by Crippen LogP contribution is 2.23. The molecule has 6 nitrogen and oxygen atoms in total. The quantitative estimate of drug-likeness (QED) is 0.409. The number of carbonyl (C=O) groups is 2. The Labute approximate surface area is 187 Å². The first-order valence-corrected chi connectivity index (χ1v) is 10.2. The summed E-state index contributed by atoms with van der Waals surface area (Å²) in [5.74, 6) is -0.912. The van der Waals surface area contributed by atoms with Crippen molar-refractivity contribution in [3.8, 4) is 17.2 Å². The summed E-state index contributed by atoms with van der Waals surface area (Å²) in [6.45, 7) is 0.715. The summed E-state index contributed by atoms with van der Waals surface area (Å²) in [6.07, 6.45) is 0.291. The van der Waals surface area contributed by atoms with Crippen molar-refractivity contribution in [1.82, 2.24) is 5.32 Å². The van der Waals surface area contributed by atoms with Crippen LogP contribution in [0.2, 0.25) is 0 Å². The number of benzene rings is 3. The van der Waals surface area contributed by atoms with Gasteiger partial charge in [0.1, 0.15) is 6.04 Å². The van der Waals surface area contributed by atoms with Crippen molar-refractivity contribution in [3.63, 3.8) is 0 Å². The van der Waals surface area contributed by atoms with Crippen LogP contribution in [0, 0.1) is 11.3 Å². The highest BCUT2D eigenvalue weighted by Gasteiger charge is 2.22. The van der Waals surface area contributed by atoms with E-state index in [0.29, 0.717) is 30.8 Å². The molecule has 0 saturated heterocycles. The first kappa shape index (κ1) is 22.7. The van der Waals surface area contributed by atoms with Gasteiger partial charge in [0.2, 0.25) is 0 Å². The normalized spacial score (nSPS) is 11.2. The topological polar surface area (TPSA) is 88.4 Å². The number of hydrogen-bond acceptors (Lipinski definition) is 5. The minimum absolute atomic E-state index is 0.290. The molecule has 1 amide bonds. The Morgan fingerprint density at radius 3 is 2.34 bits per heavy atom. The van der Waals surface area contributed by atoms with E-state index in [1.807, 2.05) is 42.5 Å². The Morgan fingerprint density at radius 1 is 0.969 bits per heavy atom. The lowest BCUT2D eigenvalue weighted by atomic mass is 9.99. The van der Waals surface area contributed by atoms with Crippen molar-refractivity contribution < 1.29 is 19.1 Å². The Morgan fingerprint density at radius 2 is 1.66 bits per heavy atom. The van der Waals surface area contributed by atoms with Crippen molar-refractivity contribution >= 4 is 11.9 Å².